The minimum absolute atomic E-state index is 0.160. The molecule has 2 heterocycles. The molecule has 1 saturated heterocycles. The van der Waals surface area contributed by atoms with Gasteiger partial charge in [0.15, 0.2) is 0 Å². The van der Waals surface area contributed by atoms with Gasteiger partial charge in [-0.15, -0.1) is 5.10 Å². The Bertz CT molecular complexity index is 1080. The zero-order valence-corrected chi connectivity index (χ0v) is 17.9. The second kappa shape index (κ2) is 9.11. The lowest BCUT2D eigenvalue weighted by atomic mass is 9.92. The van der Waals surface area contributed by atoms with Gasteiger partial charge >= 0.3 is 6.18 Å². The fourth-order valence-corrected chi connectivity index (χ4v) is 4.21. The number of piperidine rings is 1. The predicted octanol–water partition coefficient (Wildman–Crippen LogP) is 3.81. The third-order valence-electron chi connectivity index (χ3n) is 6.00. The molecule has 0 unspecified atom stereocenters. The molecule has 174 valence electrons. The van der Waals surface area contributed by atoms with E-state index in [-0.39, 0.29) is 23.9 Å². The minimum Gasteiger partial charge on any atom is -0.490 e. The van der Waals surface area contributed by atoms with Crippen molar-refractivity contribution in [3.8, 4) is 11.4 Å². The first-order valence-corrected chi connectivity index (χ1v) is 11.2. The first-order valence-electron chi connectivity index (χ1n) is 11.2. The molecule has 1 aliphatic heterocycles. The van der Waals surface area contributed by atoms with Crippen LogP contribution >= 0.6 is 0 Å². The standard InChI is InChI=1S/C23H25F3N6O/c24-23(25,26)22-29-30-31-32(22)17-8-11-20(33-18-9-10-18)16(13-17)14-28-19-7-4-12-27-21(19)15-5-2-1-3-6-15/h1-3,5-6,8,11,13,18-19,21,27-28H,4,7,9-10,12,14H2/t19-,21-/m0/s1. The summed E-state index contributed by atoms with van der Waals surface area (Å²) in [7, 11) is 0. The van der Waals surface area contributed by atoms with Gasteiger partial charge in [0.25, 0.3) is 5.82 Å². The number of benzene rings is 2. The summed E-state index contributed by atoms with van der Waals surface area (Å²) in [5.41, 5.74) is 2.23. The summed E-state index contributed by atoms with van der Waals surface area (Å²) in [5.74, 6) is -0.478. The van der Waals surface area contributed by atoms with Crippen molar-refractivity contribution in [2.24, 2.45) is 0 Å². The van der Waals surface area contributed by atoms with Gasteiger partial charge in [-0.25, -0.2) is 0 Å². The average molecular weight is 458 g/mol. The molecule has 10 heteroatoms. The van der Waals surface area contributed by atoms with E-state index in [1.807, 2.05) is 18.2 Å². The lowest BCUT2D eigenvalue weighted by Gasteiger charge is -2.34. The molecule has 2 fully saturated rings. The van der Waals surface area contributed by atoms with Gasteiger partial charge in [0, 0.05) is 24.2 Å². The van der Waals surface area contributed by atoms with Gasteiger partial charge in [0.1, 0.15) is 5.75 Å². The first kappa shape index (κ1) is 21.8. The van der Waals surface area contributed by atoms with Crippen molar-refractivity contribution in [1.29, 1.82) is 0 Å². The van der Waals surface area contributed by atoms with Gasteiger partial charge in [-0.05, 0) is 66.4 Å². The SMILES string of the molecule is FC(F)(F)c1nnnn1-c1ccc(OC2CC2)c(CN[C@H]2CCCN[C@H]2c2ccccc2)c1. The number of ether oxygens (including phenoxy) is 1. The number of aromatic nitrogens is 4. The zero-order chi connectivity index (χ0) is 22.8. The Kier molecular flexibility index (Phi) is 6.03. The van der Waals surface area contributed by atoms with Crippen LogP contribution < -0.4 is 15.4 Å². The summed E-state index contributed by atoms with van der Waals surface area (Å²) in [4.78, 5) is 0. The number of alkyl halides is 3. The van der Waals surface area contributed by atoms with Gasteiger partial charge in [0.05, 0.1) is 11.8 Å². The monoisotopic (exact) mass is 458 g/mol. The fourth-order valence-electron chi connectivity index (χ4n) is 4.21. The Labute approximate surface area is 189 Å². The van der Waals surface area contributed by atoms with E-state index < -0.39 is 12.0 Å². The molecule has 33 heavy (non-hydrogen) atoms. The van der Waals surface area contributed by atoms with Gasteiger partial charge in [-0.3, -0.25) is 0 Å². The largest absolute Gasteiger partial charge is 0.490 e. The van der Waals surface area contributed by atoms with E-state index in [1.165, 1.54) is 5.56 Å². The molecule has 3 aromatic rings. The normalized spacial score (nSPS) is 21.2. The van der Waals surface area contributed by atoms with Crippen molar-refractivity contribution < 1.29 is 17.9 Å². The fraction of sp³-hybridized carbons (Fsp3) is 0.435. The van der Waals surface area contributed by atoms with Crippen LogP contribution in [0.15, 0.2) is 48.5 Å². The molecule has 0 spiro atoms. The van der Waals surface area contributed by atoms with E-state index in [1.54, 1.807) is 18.2 Å². The number of nitrogens with one attached hydrogen (secondary N) is 2. The van der Waals surface area contributed by atoms with Crippen molar-refractivity contribution in [1.82, 2.24) is 30.8 Å². The highest BCUT2D eigenvalue weighted by atomic mass is 19.4. The van der Waals surface area contributed by atoms with Crippen LogP contribution in [0.3, 0.4) is 0 Å². The van der Waals surface area contributed by atoms with Gasteiger partial charge in [-0.2, -0.15) is 17.9 Å². The molecule has 2 atom stereocenters. The zero-order valence-electron chi connectivity index (χ0n) is 17.9. The van der Waals surface area contributed by atoms with Crippen molar-refractivity contribution >= 4 is 0 Å². The molecule has 2 aliphatic rings. The first-order chi connectivity index (χ1) is 16.0. The third kappa shape index (κ3) is 5.01. The maximum absolute atomic E-state index is 13.3. The summed E-state index contributed by atoms with van der Waals surface area (Å²) >= 11 is 0. The molecule has 1 aliphatic carbocycles. The van der Waals surface area contributed by atoms with Crippen LogP contribution in [0.5, 0.6) is 5.75 Å². The number of hydrogen-bond donors (Lipinski definition) is 2. The Hall–Kier alpha value is -2.98. The van der Waals surface area contributed by atoms with E-state index in [2.05, 4.69) is 38.3 Å². The number of tetrazole rings is 1. The molecular weight excluding hydrogens is 433 g/mol. The number of hydrogen-bond acceptors (Lipinski definition) is 6. The topological polar surface area (TPSA) is 76.9 Å². The molecule has 0 amide bonds. The van der Waals surface area contributed by atoms with Crippen LogP contribution in [-0.2, 0) is 12.7 Å². The van der Waals surface area contributed by atoms with Crippen LogP contribution in [0, 0.1) is 0 Å². The van der Waals surface area contributed by atoms with Crippen molar-refractivity contribution in [2.45, 2.75) is 56.6 Å². The molecule has 2 aromatic carbocycles. The van der Waals surface area contributed by atoms with Crippen LogP contribution in [0.1, 0.15) is 48.7 Å². The summed E-state index contributed by atoms with van der Waals surface area (Å²) in [6, 6.07) is 15.5. The van der Waals surface area contributed by atoms with Gasteiger partial charge in [-0.1, -0.05) is 30.3 Å². The molecule has 2 N–H and O–H groups in total. The van der Waals surface area contributed by atoms with Crippen molar-refractivity contribution in [3.05, 3.63) is 65.5 Å². The highest BCUT2D eigenvalue weighted by Crippen LogP contribution is 2.33. The van der Waals surface area contributed by atoms with E-state index in [4.69, 9.17) is 4.74 Å². The predicted molar refractivity (Wildman–Crippen MR) is 115 cm³/mol. The Morgan fingerprint density at radius 1 is 1.09 bits per heavy atom. The van der Waals surface area contributed by atoms with Crippen molar-refractivity contribution in [3.63, 3.8) is 0 Å². The maximum Gasteiger partial charge on any atom is 0.453 e. The molecule has 0 radical (unpaired) electrons. The van der Waals surface area contributed by atoms with Crippen LogP contribution in [0.2, 0.25) is 0 Å². The Morgan fingerprint density at radius 3 is 2.67 bits per heavy atom. The number of halogens is 3. The lowest BCUT2D eigenvalue weighted by Crippen LogP contribution is -2.45. The van der Waals surface area contributed by atoms with E-state index in [0.717, 1.165) is 42.5 Å². The average Bonchev–Trinajstić information content (AvgIpc) is 3.49. The molecule has 5 rings (SSSR count). The Balaban J connectivity index is 1.40. The molecular formula is C23H25F3N6O. The summed E-state index contributed by atoms with van der Waals surface area (Å²) < 4.78 is 46.7. The van der Waals surface area contributed by atoms with E-state index >= 15 is 0 Å². The molecule has 7 nitrogen and oxygen atoms in total. The highest BCUT2D eigenvalue weighted by Gasteiger charge is 2.38. The van der Waals surface area contributed by atoms with Crippen LogP contribution in [0.25, 0.3) is 5.69 Å². The smallest absolute Gasteiger partial charge is 0.453 e. The van der Waals surface area contributed by atoms with E-state index in [9.17, 15) is 13.2 Å². The number of rotatable bonds is 7. The van der Waals surface area contributed by atoms with E-state index in [0.29, 0.717) is 12.3 Å². The summed E-state index contributed by atoms with van der Waals surface area (Å²) in [6.45, 7) is 1.40. The Morgan fingerprint density at radius 2 is 1.91 bits per heavy atom. The van der Waals surface area contributed by atoms with Gasteiger partial charge in [0.2, 0.25) is 0 Å². The molecule has 1 aromatic heterocycles. The van der Waals surface area contributed by atoms with Crippen molar-refractivity contribution in [2.75, 3.05) is 6.54 Å². The van der Waals surface area contributed by atoms with Gasteiger partial charge < -0.3 is 15.4 Å². The lowest BCUT2D eigenvalue weighted by molar-refractivity contribution is -0.146. The highest BCUT2D eigenvalue weighted by molar-refractivity contribution is 5.44. The summed E-state index contributed by atoms with van der Waals surface area (Å²) in [5, 5.41) is 17.1. The molecule has 0 bridgehead atoms. The quantitative estimate of drug-likeness (QED) is 0.561. The second-order valence-electron chi connectivity index (χ2n) is 8.49. The number of nitrogens with zero attached hydrogens (tertiary/aromatic N) is 4. The van der Waals surface area contributed by atoms with Crippen LogP contribution in [-0.4, -0.2) is 38.9 Å². The third-order valence-corrected chi connectivity index (χ3v) is 6.00. The molecule has 1 saturated carbocycles. The second-order valence-corrected chi connectivity index (χ2v) is 8.49. The summed E-state index contributed by atoms with van der Waals surface area (Å²) in [6.07, 6.45) is -0.462. The van der Waals surface area contributed by atoms with Crippen LogP contribution in [0.4, 0.5) is 13.2 Å². The maximum atomic E-state index is 13.3. The minimum atomic E-state index is -4.65.